The lowest BCUT2D eigenvalue weighted by Gasteiger charge is -2.23. The van der Waals surface area contributed by atoms with Gasteiger partial charge in [-0.3, -0.25) is 9.59 Å². The highest BCUT2D eigenvalue weighted by Gasteiger charge is 2.38. The molecule has 0 radical (unpaired) electrons. The van der Waals surface area contributed by atoms with E-state index in [0.717, 1.165) is 24.2 Å². The minimum absolute atomic E-state index is 0.0420. The smallest absolute Gasteiger partial charge is 0.225 e. The Labute approximate surface area is 124 Å². The molecule has 1 aliphatic carbocycles. The van der Waals surface area contributed by atoms with Crippen molar-refractivity contribution in [3.63, 3.8) is 0 Å². The third-order valence-corrected chi connectivity index (χ3v) is 4.69. The zero-order chi connectivity index (χ0) is 14.8. The molecule has 1 saturated heterocycles. The number of carbonyl (C=O) groups is 2. The number of furan rings is 1. The van der Waals surface area contributed by atoms with E-state index in [1.165, 1.54) is 12.8 Å². The molecule has 1 saturated carbocycles. The van der Waals surface area contributed by atoms with Crippen molar-refractivity contribution < 1.29 is 14.0 Å². The van der Waals surface area contributed by atoms with Crippen molar-refractivity contribution in [2.24, 2.45) is 5.92 Å². The molecule has 3 rings (SSSR count). The summed E-state index contributed by atoms with van der Waals surface area (Å²) in [5.41, 5.74) is 1.03. The summed E-state index contributed by atoms with van der Waals surface area (Å²) in [6, 6.07) is 2.24. The molecule has 5 nitrogen and oxygen atoms in total. The Hall–Kier alpha value is -1.78. The van der Waals surface area contributed by atoms with Gasteiger partial charge in [0.25, 0.3) is 0 Å². The fourth-order valence-electron chi connectivity index (χ4n) is 3.37. The number of aryl methyl sites for hydroxylation is 1. The number of rotatable bonds is 4. The molecule has 1 atom stereocenters. The lowest BCUT2D eigenvalue weighted by atomic mass is 10.1. The Balaban J connectivity index is 1.54. The third kappa shape index (κ3) is 2.96. The van der Waals surface area contributed by atoms with Crippen molar-refractivity contribution in [2.45, 2.75) is 51.6 Å². The van der Waals surface area contributed by atoms with Gasteiger partial charge in [0.15, 0.2) is 0 Å². The fraction of sp³-hybridized carbons (Fsp3) is 0.625. The first-order chi connectivity index (χ1) is 10.1. The summed E-state index contributed by atoms with van der Waals surface area (Å²) >= 11 is 0. The first kappa shape index (κ1) is 14.2. The van der Waals surface area contributed by atoms with Crippen LogP contribution in [-0.4, -0.2) is 29.3 Å². The fourth-order valence-corrected chi connectivity index (χ4v) is 3.37. The van der Waals surface area contributed by atoms with E-state index in [1.54, 1.807) is 6.26 Å². The van der Waals surface area contributed by atoms with Crippen LogP contribution in [0.2, 0.25) is 0 Å². The Morgan fingerprint density at radius 3 is 2.86 bits per heavy atom. The molecule has 2 fully saturated rings. The molecule has 1 unspecified atom stereocenters. The molecule has 0 spiro atoms. The standard InChI is InChI=1S/C16H22N2O3/c1-11-6-7-21-14(11)9-17-16(20)12-8-15(19)18(10-12)13-4-2-3-5-13/h6-7,12-13H,2-5,8-10H2,1H3,(H,17,20). The summed E-state index contributed by atoms with van der Waals surface area (Å²) in [6.07, 6.45) is 6.54. The molecule has 2 aliphatic rings. The summed E-state index contributed by atoms with van der Waals surface area (Å²) < 4.78 is 5.31. The molecule has 1 aromatic rings. The largest absolute Gasteiger partial charge is 0.467 e. The monoisotopic (exact) mass is 290 g/mol. The van der Waals surface area contributed by atoms with Gasteiger partial charge < -0.3 is 14.6 Å². The highest BCUT2D eigenvalue weighted by molar-refractivity contribution is 5.89. The molecular weight excluding hydrogens is 268 g/mol. The van der Waals surface area contributed by atoms with E-state index in [2.05, 4.69) is 5.32 Å². The number of nitrogens with zero attached hydrogens (tertiary/aromatic N) is 1. The van der Waals surface area contributed by atoms with E-state index in [1.807, 2.05) is 17.9 Å². The Bertz CT molecular complexity index is 531. The lowest BCUT2D eigenvalue weighted by molar-refractivity contribution is -0.130. The highest BCUT2D eigenvalue weighted by atomic mass is 16.3. The maximum Gasteiger partial charge on any atom is 0.225 e. The van der Waals surface area contributed by atoms with Gasteiger partial charge >= 0.3 is 0 Å². The molecule has 114 valence electrons. The van der Waals surface area contributed by atoms with Crippen molar-refractivity contribution in [3.05, 3.63) is 23.7 Å². The lowest BCUT2D eigenvalue weighted by Crippen LogP contribution is -2.36. The van der Waals surface area contributed by atoms with E-state index in [-0.39, 0.29) is 17.7 Å². The Kier molecular flexibility index (Phi) is 3.99. The van der Waals surface area contributed by atoms with Crippen LogP contribution in [0.25, 0.3) is 0 Å². The van der Waals surface area contributed by atoms with Gasteiger partial charge in [0, 0.05) is 19.0 Å². The molecule has 1 N–H and O–H groups in total. The van der Waals surface area contributed by atoms with Crippen molar-refractivity contribution in [2.75, 3.05) is 6.54 Å². The van der Waals surface area contributed by atoms with E-state index < -0.39 is 0 Å². The predicted octanol–water partition coefficient (Wildman–Crippen LogP) is 2.00. The Morgan fingerprint density at radius 1 is 1.43 bits per heavy atom. The number of hydrogen-bond acceptors (Lipinski definition) is 3. The van der Waals surface area contributed by atoms with Crippen molar-refractivity contribution >= 4 is 11.8 Å². The zero-order valence-corrected chi connectivity index (χ0v) is 12.4. The van der Waals surface area contributed by atoms with E-state index >= 15 is 0 Å². The molecule has 2 amide bonds. The number of nitrogens with one attached hydrogen (secondary N) is 1. The summed E-state index contributed by atoms with van der Waals surface area (Å²) in [7, 11) is 0. The number of likely N-dealkylation sites (tertiary alicyclic amines) is 1. The van der Waals surface area contributed by atoms with Crippen LogP contribution in [0.5, 0.6) is 0 Å². The van der Waals surface area contributed by atoms with Crippen molar-refractivity contribution in [1.82, 2.24) is 10.2 Å². The number of carbonyl (C=O) groups excluding carboxylic acids is 2. The van der Waals surface area contributed by atoms with Crippen LogP contribution in [-0.2, 0) is 16.1 Å². The molecule has 1 aromatic heterocycles. The molecule has 21 heavy (non-hydrogen) atoms. The second-order valence-corrected chi connectivity index (χ2v) is 6.13. The van der Waals surface area contributed by atoms with Gasteiger partial charge in [-0.25, -0.2) is 0 Å². The van der Waals surface area contributed by atoms with Crippen molar-refractivity contribution in [1.29, 1.82) is 0 Å². The quantitative estimate of drug-likeness (QED) is 0.922. The summed E-state index contributed by atoms with van der Waals surface area (Å²) in [5.74, 6) is 0.657. The van der Waals surface area contributed by atoms with Gasteiger partial charge in [0.2, 0.25) is 11.8 Å². The SMILES string of the molecule is Cc1ccoc1CNC(=O)C1CC(=O)N(C2CCCC2)C1. The topological polar surface area (TPSA) is 62.6 Å². The maximum absolute atomic E-state index is 12.2. The summed E-state index contributed by atoms with van der Waals surface area (Å²) in [5, 5.41) is 2.89. The van der Waals surface area contributed by atoms with E-state index in [9.17, 15) is 9.59 Å². The summed E-state index contributed by atoms with van der Waals surface area (Å²) in [6.45, 7) is 2.92. The van der Waals surface area contributed by atoms with E-state index in [0.29, 0.717) is 25.6 Å². The average Bonchev–Trinajstić information content (AvgIpc) is 3.17. The van der Waals surface area contributed by atoms with Crippen LogP contribution in [0.15, 0.2) is 16.7 Å². The van der Waals surface area contributed by atoms with Gasteiger partial charge in [-0.1, -0.05) is 12.8 Å². The van der Waals surface area contributed by atoms with Crippen LogP contribution < -0.4 is 5.32 Å². The zero-order valence-electron chi connectivity index (χ0n) is 12.4. The second-order valence-electron chi connectivity index (χ2n) is 6.13. The first-order valence-electron chi connectivity index (χ1n) is 7.75. The number of hydrogen-bond donors (Lipinski definition) is 1. The van der Waals surface area contributed by atoms with Crippen molar-refractivity contribution in [3.8, 4) is 0 Å². The Morgan fingerprint density at radius 2 is 2.19 bits per heavy atom. The predicted molar refractivity (Wildman–Crippen MR) is 77.4 cm³/mol. The molecular formula is C16H22N2O3. The molecule has 5 heteroatoms. The molecule has 0 bridgehead atoms. The minimum atomic E-state index is -0.214. The molecule has 2 heterocycles. The van der Waals surface area contributed by atoms with Gasteiger partial charge in [-0.05, 0) is 31.4 Å². The van der Waals surface area contributed by atoms with Crippen LogP contribution in [0.4, 0.5) is 0 Å². The van der Waals surface area contributed by atoms with Gasteiger partial charge in [0.1, 0.15) is 5.76 Å². The van der Waals surface area contributed by atoms with Crippen LogP contribution >= 0.6 is 0 Å². The van der Waals surface area contributed by atoms with Crippen LogP contribution in [0.1, 0.15) is 43.4 Å². The second kappa shape index (κ2) is 5.92. The van der Waals surface area contributed by atoms with Crippen LogP contribution in [0, 0.1) is 12.8 Å². The van der Waals surface area contributed by atoms with Gasteiger partial charge in [-0.2, -0.15) is 0 Å². The third-order valence-electron chi connectivity index (χ3n) is 4.69. The van der Waals surface area contributed by atoms with Gasteiger partial charge in [0.05, 0.1) is 18.7 Å². The molecule has 1 aliphatic heterocycles. The number of amides is 2. The minimum Gasteiger partial charge on any atom is -0.467 e. The normalized spacial score (nSPS) is 23.0. The summed E-state index contributed by atoms with van der Waals surface area (Å²) in [4.78, 5) is 26.2. The van der Waals surface area contributed by atoms with Crippen LogP contribution in [0.3, 0.4) is 0 Å². The first-order valence-corrected chi connectivity index (χ1v) is 7.75. The maximum atomic E-state index is 12.2. The molecule has 0 aromatic carbocycles. The highest BCUT2D eigenvalue weighted by Crippen LogP contribution is 2.29. The van der Waals surface area contributed by atoms with Gasteiger partial charge in [-0.15, -0.1) is 0 Å². The average molecular weight is 290 g/mol. The van der Waals surface area contributed by atoms with E-state index in [4.69, 9.17) is 4.42 Å².